The molecule has 3 nitrogen and oxygen atoms in total. The lowest BCUT2D eigenvalue weighted by molar-refractivity contribution is 0.193. The van der Waals surface area contributed by atoms with Gasteiger partial charge in [-0.3, -0.25) is 0 Å². The van der Waals surface area contributed by atoms with E-state index in [-0.39, 0.29) is 5.82 Å². The summed E-state index contributed by atoms with van der Waals surface area (Å²) in [4.78, 5) is 0. The summed E-state index contributed by atoms with van der Waals surface area (Å²) >= 11 is 3.21. The maximum absolute atomic E-state index is 13.0. The molecular formula is C12H17BrFNO2. The van der Waals surface area contributed by atoms with Crippen LogP contribution in [-0.4, -0.2) is 33.4 Å². The van der Waals surface area contributed by atoms with Crippen LogP contribution in [-0.2, 0) is 4.74 Å². The zero-order valence-corrected chi connectivity index (χ0v) is 11.4. The molecule has 0 heterocycles. The van der Waals surface area contributed by atoms with Crippen molar-refractivity contribution in [3.05, 3.63) is 28.5 Å². The normalized spacial score (nSPS) is 10.5. The molecule has 0 aliphatic heterocycles. The van der Waals surface area contributed by atoms with Crippen molar-refractivity contribution in [1.29, 1.82) is 0 Å². The monoisotopic (exact) mass is 305 g/mol. The van der Waals surface area contributed by atoms with Crippen molar-refractivity contribution in [1.82, 2.24) is 5.32 Å². The van der Waals surface area contributed by atoms with E-state index in [0.29, 0.717) is 16.8 Å². The highest BCUT2D eigenvalue weighted by atomic mass is 79.9. The van der Waals surface area contributed by atoms with Crippen LogP contribution in [0.15, 0.2) is 22.7 Å². The van der Waals surface area contributed by atoms with Gasteiger partial charge >= 0.3 is 0 Å². The van der Waals surface area contributed by atoms with Crippen LogP contribution in [0.1, 0.15) is 6.42 Å². The van der Waals surface area contributed by atoms with Gasteiger partial charge < -0.3 is 14.8 Å². The van der Waals surface area contributed by atoms with E-state index >= 15 is 0 Å². The van der Waals surface area contributed by atoms with Crippen LogP contribution in [0.4, 0.5) is 4.39 Å². The van der Waals surface area contributed by atoms with Crippen molar-refractivity contribution in [3.63, 3.8) is 0 Å². The second kappa shape index (κ2) is 8.44. The first-order valence-corrected chi connectivity index (χ1v) is 6.30. The zero-order chi connectivity index (χ0) is 12.5. The molecular weight excluding hydrogens is 289 g/mol. The number of methoxy groups -OCH3 is 1. The zero-order valence-electron chi connectivity index (χ0n) is 9.84. The van der Waals surface area contributed by atoms with Gasteiger partial charge in [-0.15, -0.1) is 0 Å². The Morgan fingerprint density at radius 2 is 2.06 bits per heavy atom. The maximum Gasteiger partial charge on any atom is 0.128 e. The molecule has 17 heavy (non-hydrogen) atoms. The van der Waals surface area contributed by atoms with Gasteiger partial charge in [-0.25, -0.2) is 4.39 Å². The van der Waals surface area contributed by atoms with Crippen molar-refractivity contribution in [2.24, 2.45) is 0 Å². The Labute approximate surface area is 109 Å². The highest BCUT2D eigenvalue weighted by Gasteiger charge is 1.99. The molecule has 0 saturated heterocycles. The Morgan fingerprint density at radius 1 is 1.24 bits per heavy atom. The minimum Gasteiger partial charge on any atom is -0.492 e. The van der Waals surface area contributed by atoms with E-state index in [2.05, 4.69) is 21.2 Å². The first-order valence-electron chi connectivity index (χ1n) is 5.51. The molecule has 0 amide bonds. The van der Waals surface area contributed by atoms with E-state index in [0.717, 1.165) is 26.1 Å². The lowest BCUT2D eigenvalue weighted by Gasteiger charge is -2.08. The molecule has 0 radical (unpaired) electrons. The molecule has 1 N–H and O–H groups in total. The molecule has 0 aliphatic rings. The van der Waals surface area contributed by atoms with Crippen LogP contribution in [0.25, 0.3) is 0 Å². The Bertz CT molecular complexity index is 316. The molecule has 0 unspecified atom stereocenters. The molecule has 0 bridgehead atoms. The van der Waals surface area contributed by atoms with Crippen LogP contribution in [0.5, 0.6) is 5.75 Å². The van der Waals surface area contributed by atoms with E-state index in [4.69, 9.17) is 9.47 Å². The summed E-state index contributed by atoms with van der Waals surface area (Å²) in [6.45, 7) is 2.90. The molecule has 5 heteroatoms. The summed E-state index contributed by atoms with van der Waals surface area (Å²) in [6, 6.07) is 4.51. The predicted molar refractivity (Wildman–Crippen MR) is 69.0 cm³/mol. The molecule has 0 aliphatic carbocycles. The minimum absolute atomic E-state index is 0.303. The number of hydrogen-bond acceptors (Lipinski definition) is 3. The highest BCUT2D eigenvalue weighted by Crippen LogP contribution is 2.20. The summed E-state index contributed by atoms with van der Waals surface area (Å²) in [6.07, 6.45) is 0.974. The standard InChI is InChI=1S/C12H17BrFNO2/c1-16-5-2-3-15-4-6-17-12-8-10(13)7-11(14)9-12/h7-9,15H,2-6H2,1H3. The molecule has 96 valence electrons. The highest BCUT2D eigenvalue weighted by molar-refractivity contribution is 9.10. The van der Waals surface area contributed by atoms with E-state index < -0.39 is 0 Å². The van der Waals surface area contributed by atoms with Gasteiger partial charge in [-0.05, 0) is 25.1 Å². The summed E-state index contributed by atoms with van der Waals surface area (Å²) in [5.74, 6) is 0.234. The Kier molecular flexibility index (Phi) is 7.16. The van der Waals surface area contributed by atoms with Gasteiger partial charge in [0.05, 0.1) is 0 Å². The lowest BCUT2D eigenvalue weighted by atomic mass is 10.3. The SMILES string of the molecule is COCCCNCCOc1cc(F)cc(Br)c1. The van der Waals surface area contributed by atoms with Crippen molar-refractivity contribution in [2.75, 3.05) is 33.4 Å². The van der Waals surface area contributed by atoms with Crippen LogP contribution in [0.2, 0.25) is 0 Å². The van der Waals surface area contributed by atoms with Crippen LogP contribution in [0, 0.1) is 5.82 Å². The number of benzene rings is 1. The van der Waals surface area contributed by atoms with Gasteiger partial charge in [0, 0.05) is 30.8 Å². The summed E-state index contributed by atoms with van der Waals surface area (Å²) in [5.41, 5.74) is 0. The molecule has 0 atom stereocenters. The number of hydrogen-bond donors (Lipinski definition) is 1. The van der Waals surface area contributed by atoms with Crippen LogP contribution in [0.3, 0.4) is 0 Å². The topological polar surface area (TPSA) is 30.5 Å². The molecule has 0 saturated carbocycles. The summed E-state index contributed by atoms with van der Waals surface area (Å²) < 4.78 is 24.0. The third-order valence-electron chi connectivity index (χ3n) is 2.09. The predicted octanol–water partition coefficient (Wildman–Crippen LogP) is 2.59. The summed E-state index contributed by atoms with van der Waals surface area (Å²) in [7, 11) is 1.69. The Hall–Kier alpha value is -0.650. The maximum atomic E-state index is 13.0. The number of rotatable bonds is 8. The van der Waals surface area contributed by atoms with Gasteiger partial charge in [0.2, 0.25) is 0 Å². The average Bonchev–Trinajstić information content (AvgIpc) is 2.26. The van der Waals surface area contributed by atoms with Crippen LogP contribution < -0.4 is 10.1 Å². The number of halogens is 2. The molecule has 1 rings (SSSR count). The van der Waals surface area contributed by atoms with Gasteiger partial charge in [0.1, 0.15) is 18.2 Å². The lowest BCUT2D eigenvalue weighted by Crippen LogP contribution is -2.22. The minimum atomic E-state index is -0.303. The molecule has 1 aromatic carbocycles. The first kappa shape index (κ1) is 14.4. The van der Waals surface area contributed by atoms with Gasteiger partial charge in [0.15, 0.2) is 0 Å². The van der Waals surface area contributed by atoms with Gasteiger partial charge in [0.25, 0.3) is 0 Å². The van der Waals surface area contributed by atoms with Crippen molar-refractivity contribution < 1.29 is 13.9 Å². The third-order valence-corrected chi connectivity index (χ3v) is 2.54. The molecule has 0 spiro atoms. The van der Waals surface area contributed by atoms with Crippen LogP contribution >= 0.6 is 15.9 Å². The summed E-state index contributed by atoms with van der Waals surface area (Å²) in [5, 5.41) is 3.21. The van der Waals surface area contributed by atoms with Crippen molar-refractivity contribution in [2.45, 2.75) is 6.42 Å². The largest absolute Gasteiger partial charge is 0.492 e. The molecule has 1 aromatic rings. The van der Waals surface area contributed by atoms with E-state index in [1.807, 2.05) is 0 Å². The third kappa shape index (κ3) is 6.61. The van der Waals surface area contributed by atoms with Crippen molar-refractivity contribution in [3.8, 4) is 5.75 Å². The fourth-order valence-corrected chi connectivity index (χ4v) is 1.76. The second-order valence-corrected chi connectivity index (χ2v) is 4.47. The van der Waals surface area contributed by atoms with Crippen molar-refractivity contribution >= 4 is 15.9 Å². The smallest absolute Gasteiger partial charge is 0.128 e. The molecule has 0 aromatic heterocycles. The number of ether oxygens (including phenoxy) is 2. The van der Waals surface area contributed by atoms with E-state index in [1.54, 1.807) is 13.2 Å². The molecule has 0 fully saturated rings. The van der Waals surface area contributed by atoms with Gasteiger partial charge in [-0.1, -0.05) is 15.9 Å². The quantitative estimate of drug-likeness (QED) is 0.749. The van der Waals surface area contributed by atoms with Gasteiger partial charge in [-0.2, -0.15) is 0 Å². The number of nitrogens with one attached hydrogen (secondary N) is 1. The second-order valence-electron chi connectivity index (χ2n) is 3.55. The first-order chi connectivity index (χ1) is 8.22. The van der Waals surface area contributed by atoms with E-state index in [9.17, 15) is 4.39 Å². The average molecular weight is 306 g/mol. The Morgan fingerprint density at radius 3 is 2.76 bits per heavy atom. The fraction of sp³-hybridized carbons (Fsp3) is 0.500. The Balaban J connectivity index is 2.13. The van der Waals surface area contributed by atoms with E-state index in [1.165, 1.54) is 12.1 Å². The fourth-order valence-electron chi connectivity index (χ4n) is 1.32.